The van der Waals surface area contributed by atoms with Crippen molar-refractivity contribution < 1.29 is 9.59 Å². The number of rotatable bonds is 3. The fourth-order valence-electron chi connectivity index (χ4n) is 1.56. The van der Waals surface area contributed by atoms with E-state index >= 15 is 0 Å². The lowest BCUT2D eigenvalue weighted by Crippen LogP contribution is -2.20. The highest BCUT2D eigenvalue weighted by molar-refractivity contribution is 6.49. The molecule has 1 aliphatic rings. The molecule has 1 atom stereocenters. The van der Waals surface area contributed by atoms with Crippen LogP contribution in [-0.2, 0) is 9.59 Å². The summed E-state index contributed by atoms with van der Waals surface area (Å²) in [5, 5.41) is 0. The maximum atomic E-state index is 11.8. The molecule has 0 fully saturated rings. The highest BCUT2D eigenvalue weighted by atomic mass is 16.2. The van der Waals surface area contributed by atoms with Gasteiger partial charge in [0.25, 0.3) is 5.91 Å². The maximum Gasteiger partial charge on any atom is 0.260 e. The Balaban J connectivity index is 2.83. The van der Waals surface area contributed by atoms with Gasteiger partial charge in [-0.25, -0.2) is 4.99 Å². The van der Waals surface area contributed by atoms with Gasteiger partial charge in [0.05, 0.1) is 5.71 Å². The normalized spacial score (nSPS) is 20.9. The maximum absolute atomic E-state index is 11.8. The lowest BCUT2D eigenvalue weighted by atomic mass is 9.96. The van der Waals surface area contributed by atoms with Crippen molar-refractivity contribution >= 4 is 17.4 Å². The van der Waals surface area contributed by atoms with Crippen LogP contribution >= 0.6 is 0 Å². The summed E-state index contributed by atoms with van der Waals surface area (Å²) in [7, 11) is 0. The molecule has 0 spiro atoms. The van der Waals surface area contributed by atoms with Gasteiger partial charge in [0.2, 0.25) is 0 Å². The van der Waals surface area contributed by atoms with E-state index in [2.05, 4.69) is 4.99 Å². The fraction of sp³-hybridized carbons (Fsp3) is 0.583. The Morgan fingerprint density at radius 2 is 2.00 bits per heavy atom. The van der Waals surface area contributed by atoms with Gasteiger partial charge in [-0.3, -0.25) is 9.59 Å². The smallest absolute Gasteiger partial charge is 0.260 e. The van der Waals surface area contributed by atoms with Crippen LogP contribution < -0.4 is 0 Å². The van der Waals surface area contributed by atoms with Crippen molar-refractivity contribution in [2.24, 2.45) is 16.8 Å². The van der Waals surface area contributed by atoms with E-state index in [1.54, 1.807) is 6.08 Å². The average molecular weight is 207 g/mol. The Bertz CT molecular complexity index is 347. The third kappa shape index (κ3) is 2.85. The predicted octanol–water partition coefficient (Wildman–Crippen LogP) is 2.17. The number of allylic oxidation sites excluding steroid dienone is 1. The minimum absolute atomic E-state index is 0.116. The van der Waals surface area contributed by atoms with Crippen molar-refractivity contribution in [3.63, 3.8) is 0 Å². The molecule has 15 heavy (non-hydrogen) atoms. The van der Waals surface area contributed by atoms with Crippen molar-refractivity contribution in [2.75, 3.05) is 0 Å². The molecule has 0 aromatic heterocycles. The number of carbonyl (C=O) groups excluding carboxylic acids is 2. The lowest BCUT2D eigenvalue weighted by Gasteiger charge is -2.03. The second kappa shape index (κ2) is 4.51. The Kier molecular flexibility index (Phi) is 3.56. The summed E-state index contributed by atoms with van der Waals surface area (Å²) < 4.78 is 0. The quantitative estimate of drug-likeness (QED) is 0.526. The lowest BCUT2D eigenvalue weighted by molar-refractivity contribution is -0.124. The molecular formula is C12H17NO2. The molecule has 0 saturated carbocycles. The molecule has 82 valence electrons. The summed E-state index contributed by atoms with van der Waals surface area (Å²) in [6.07, 6.45) is 2.29. The van der Waals surface area contributed by atoms with Crippen LogP contribution in [0.2, 0.25) is 0 Å². The van der Waals surface area contributed by atoms with Gasteiger partial charge >= 0.3 is 0 Å². The van der Waals surface area contributed by atoms with Gasteiger partial charge in [0, 0.05) is 0 Å². The van der Waals surface area contributed by atoms with Crippen molar-refractivity contribution in [1.29, 1.82) is 0 Å². The number of carbonyl (C=O) groups is 2. The summed E-state index contributed by atoms with van der Waals surface area (Å²) in [6, 6.07) is 0. The second-order valence-electron chi connectivity index (χ2n) is 4.58. The van der Waals surface area contributed by atoms with E-state index in [1.165, 1.54) is 0 Å². The molecule has 3 heteroatoms. The van der Waals surface area contributed by atoms with E-state index in [0.29, 0.717) is 18.1 Å². The van der Waals surface area contributed by atoms with Gasteiger partial charge in [-0.1, -0.05) is 25.5 Å². The first-order valence-corrected chi connectivity index (χ1v) is 5.22. The summed E-state index contributed by atoms with van der Waals surface area (Å²) in [4.78, 5) is 27.1. The van der Waals surface area contributed by atoms with Crippen LogP contribution in [0.15, 0.2) is 16.6 Å². The number of aliphatic imine (C=N–C) groups is 1. The first-order chi connectivity index (χ1) is 6.91. The Labute approximate surface area is 90.3 Å². The third-order valence-corrected chi connectivity index (χ3v) is 2.18. The highest BCUT2D eigenvalue weighted by Crippen LogP contribution is 2.18. The summed E-state index contributed by atoms with van der Waals surface area (Å²) in [5.41, 5.74) is 1.42. The third-order valence-electron chi connectivity index (χ3n) is 2.18. The van der Waals surface area contributed by atoms with Gasteiger partial charge in [0.15, 0.2) is 5.78 Å². The van der Waals surface area contributed by atoms with Gasteiger partial charge < -0.3 is 0 Å². The van der Waals surface area contributed by atoms with Crippen molar-refractivity contribution in [3.8, 4) is 0 Å². The van der Waals surface area contributed by atoms with Crippen LogP contribution in [0.4, 0.5) is 0 Å². The molecule has 0 saturated heterocycles. The number of hydrogen-bond acceptors (Lipinski definition) is 2. The molecule has 3 nitrogen and oxygen atoms in total. The zero-order valence-corrected chi connectivity index (χ0v) is 9.70. The summed E-state index contributed by atoms with van der Waals surface area (Å²) >= 11 is 0. The molecular weight excluding hydrogens is 190 g/mol. The molecule has 1 amide bonds. The number of hydrogen-bond donors (Lipinski definition) is 0. The molecule has 0 N–H and O–H groups in total. The largest absolute Gasteiger partial charge is 0.292 e. The Hall–Kier alpha value is -1.25. The number of amides is 1. The molecule has 0 aromatic rings. The molecule has 1 rings (SSSR count). The van der Waals surface area contributed by atoms with Crippen LogP contribution in [0.5, 0.6) is 0 Å². The Morgan fingerprint density at radius 1 is 1.40 bits per heavy atom. The first kappa shape index (κ1) is 11.8. The molecule has 0 radical (unpaired) electrons. The van der Waals surface area contributed by atoms with Crippen LogP contribution in [0.3, 0.4) is 0 Å². The van der Waals surface area contributed by atoms with Crippen LogP contribution in [0.1, 0.15) is 34.1 Å². The van der Waals surface area contributed by atoms with Crippen LogP contribution in [0.25, 0.3) is 0 Å². The number of ketones is 1. The monoisotopic (exact) mass is 207 g/mol. The highest BCUT2D eigenvalue weighted by Gasteiger charge is 2.34. The van der Waals surface area contributed by atoms with Crippen LogP contribution in [-0.4, -0.2) is 17.4 Å². The molecule has 0 aliphatic carbocycles. The minimum atomic E-state index is -0.649. The predicted molar refractivity (Wildman–Crippen MR) is 59.8 cm³/mol. The van der Waals surface area contributed by atoms with E-state index in [4.69, 9.17) is 0 Å². The van der Waals surface area contributed by atoms with Crippen molar-refractivity contribution in [3.05, 3.63) is 11.6 Å². The number of nitrogens with zero attached hydrogens (tertiary/aromatic N) is 1. The molecule has 1 aliphatic heterocycles. The second-order valence-corrected chi connectivity index (χ2v) is 4.58. The van der Waals surface area contributed by atoms with Gasteiger partial charge in [-0.2, -0.15) is 0 Å². The van der Waals surface area contributed by atoms with Gasteiger partial charge in [0.1, 0.15) is 5.92 Å². The minimum Gasteiger partial charge on any atom is -0.292 e. The molecule has 1 unspecified atom stereocenters. The Morgan fingerprint density at radius 3 is 2.47 bits per heavy atom. The van der Waals surface area contributed by atoms with E-state index < -0.39 is 5.92 Å². The molecule has 0 aromatic carbocycles. The average Bonchev–Trinajstić information content (AvgIpc) is 2.31. The van der Waals surface area contributed by atoms with Crippen molar-refractivity contribution in [1.82, 2.24) is 0 Å². The topological polar surface area (TPSA) is 46.5 Å². The fourth-order valence-corrected chi connectivity index (χ4v) is 1.56. The number of Topliss-reactive ketones (excluding diaryl/α,β-unsaturated/α-hetero) is 1. The summed E-state index contributed by atoms with van der Waals surface area (Å²) in [6.45, 7) is 7.77. The van der Waals surface area contributed by atoms with Gasteiger partial charge in [-0.05, 0) is 26.2 Å². The standard InChI is InChI=1S/C12H17NO2/c1-7(2)5-9-11(14)10(6-8(3)4)13-12(9)15/h5,8-9H,6H2,1-4H3. The SMILES string of the molecule is CC(C)=CC1C(=O)N=C(CC(C)C)C1=O. The zero-order chi connectivity index (χ0) is 11.6. The zero-order valence-electron chi connectivity index (χ0n) is 9.70. The van der Waals surface area contributed by atoms with E-state index in [9.17, 15) is 9.59 Å². The molecule has 0 bridgehead atoms. The van der Waals surface area contributed by atoms with Crippen molar-refractivity contribution in [2.45, 2.75) is 34.1 Å². The van der Waals surface area contributed by atoms with E-state index in [1.807, 2.05) is 27.7 Å². The van der Waals surface area contributed by atoms with Gasteiger partial charge in [-0.15, -0.1) is 0 Å². The first-order valence-electron chi connectivity index (χ1n) is 5.22. The van der Waals surface area contributed by atoms with E-state index in [-0.39, 0.29) is 11.7 Å². The molecule has 1 heterocycles. The van der Waals surface area contributed by atoms with Crippen LogP contribution in [0, 0.1) is 11.8 Å². The van der Waals surface area contributed by atoms with E-state index in [0.717, 1.165) is 5.57 Å². The summed E-state index contributed by atoms with van der Waals surface area (Å²) in [5.74, 6) is -0.721.